The van der Waals surface area contributed by atoms with Crippen molar-refractivity contribution in [3.8, 4) is 11.5 Å². The van der Waals surface area contributed by atoms with Crippen molar-refractivity contribution in [2.24, 2.45) is 11.0 Å². The van der Waals surface area contributed by atoms with Gasteiger partial charge in [-0.25, -0.2) is 5.43 Å². The molecule has 8 heteroatoms. The molecule has 31 heavy (non-hydrogen) atoms. The maximum Gasteiger partial charge on any atom is 0.262 e. The molecule has 0 saturated carbocycles. The fourth-order valence-electron chi connectivity index (χ4n) is 2.85. The van der Waals surface area contributed by atoms with Gasteiger partial charge in [0.05, 0.1) is 13.3 Å². The number of nitrogens with one attached hydrogen (secondary N) is 2. The third kappa shape index (κ3) is 7.94. The summed E-state index contributed by atoms with van der Waals surface area (Å²) < 4.78 is 10.8. The van der Waals surface area contributed by atoms with E-state index in [1.807, 2.05) is 39.0 Å². The molecule has 0 fully saturated rings. The number of carbonyl (C=O) groups is 2. The molecule has 0 spiro atoms. The van der Waals surface area contributed by atoms with E-state index in [9.17, 15) is 9.59 Å². The topological polar surface area (TPSA) is 89.0 Å². The Hall–Kier alpha value is -3.06. The first-order valence-electron chi connectivity index (χ1n) is 9.94. The molecule has 0 radical (unpaired) electrons. The SMILES string of the molecule is COc1ccc(Cl)cc1/C=N\NC(=O)[C@H](CC(C)C)NC(=O)COc1ccccc1C. The number of hydrogen-bond donors (Lipinski definition) is 2. The summed E-state index contributed by atoms with van der Waals surface area (Å²) in [6, 6.07) is 11.8. The number of benzene rings is 2. The molecule has 0 saturated heterocycles. The van der Waals surface area contributed by atoms with E-state index >= 15 is 0 Å². The Balaban J connectivity index is 1.97. The number of aryl methyl sites for hydroxylation is 1. The van der Waals surface area contributed by atoms with E-state index < -0.39 is 11.9 Å². The first-order valence-corrected chi connectivity index (χ1v) is 10.3. The van der Waals surface area contributed by atoms with E-state index in [0.717, 1.165) is 5.56 Å². The van der Waals surface area contributed by atoms with Crippen LogP contribution >= 0.6 is 11.6 Å². The van der Waals surface area contributed by atoms with Gasteiger partial charge in [-0.05, 0) is 49.1 Å². The number of ether oxygens (including phenoxy) is 2. The Morgan fingerprint density at radius 3 is 2.58 bits per heavy atom. The Labute approximate surface area is 187 Å². The summed E-state index contributed by atoms with van der Waals surface area (Å²) in [5.41, 5.74) is 4.02. The van der Waals surface area contributed by atoms with Crippen molar-refractivity contribution >= 4 is 29.6 Å². The number of halogens is 1. The van der Waals surface area contributed by atoms with Gasteiger partial charge in [-0.2, -0.15) is 5.10 Å². The summed E-state index contributed by atoms with van der Waals surface area (Å²) in [7, 11) is 1.53. The van der Waals surface area contributed by atoms with E-state index in [2.05, 4.69) is 15.8 Å². The third-order valence-electron chi connectivity index (χ3n) is 4.38. The highest BCUT2D eigenvalue weighted by molar-refractivity contribution is 6.30. The van der Waals surface area contributed by atoms with Crippen molar-refractivity contribution in [2.75, 3.05) is 13.7 Å². The summed E-state index contributed by atoms with van der Waals surface area (Å²) in [5, 5.41) is 7.23. The zero-order valence-corrected chi connectivity index (χ0v) is 18.9. The number of amides is 2. The highest BCUT2D eigenvalue weighted by Gasteiger charge is 2.22. The maximum atomic E-state index is 12.6. The van der Waals surface area contributed by atoms with E-state index in [1.54, 1.807) is 24.3 Å². The minimum absolute atomic E-state index is 0.185. The summed E-state index contributed by atoms with van der Waals surface area (Å²) in [6.07, 6.45) is 1.90. The fraction of sp³-hybridized carbons (Fsp3) is 0.348. The van der Waals surface area contributed by atoms with Crippen molar-refractivity contribution in [3.05, 3.63) is 58.6 Å². The highest BCUT2D eigenvalue weighted by Crippen LogP contribution is 2.20. The van der Waals surface area contributed by atoms with Gasteiger partial charge in [0.15, 0.2) is 6.61 Å². The molecule has 0 aliphatic heterocycles. The van der Waals surface area contributed by atoms with Gasteiger partial charge in [0.25, 0.3) is 11.8 Å². The van der Waals surface area contributed by atoms with Crippen LogP contribution in [0.4, 0.5) is 0 Å². The number of rotatable bonds is 10. The average Bonchev–Trinajstić information content (AvgIpc) is 2.72. The maximum absolute atomic E-state index is 12.6. The first-order chi connectivity index (χ1) is 14.8. The summed E-state index contributed by atoms with van der Waals surface area (Å²) in [5.74, 6) is 0.579. The van der Waals surface area contributed by atoms with E-state index in [4.69, 9.17) is 21.1 Å². The molecule has 0 aliphatic carbocycles. The summed E-state index contributed by atoms with van der Waals surface area (Å²) >= 11 is 6.00. The number of hydrogen-bond acceptors (Lipinski definition) is 5. The van der Waals surface area contributed by atoms with Crippen LogP contribution in [-0.2, 0) is 9.59 Å². The van der Waals surface area contributed by atoms with Gasteiger partial charge in [-0.15, -0.1) is 0 Å². The van der Waals surface area contributed by atoms with Crippen LogP contribution < -0.4 is 20.2 Å². The fourth-order valence-corrected chi connectivity index (χ4v) is 3.03. The molecule has 2 aromatic rings. The lowest BCUT2D eigenvalue weighted by molar-refractivity contribution is -0.130. The van der Waals surface area contributed by atoms with Crippen LogP contribution in [0, 0.1) is 12.8 Å². The van der Waals surface area contributed by atoms with Gasteiger partial charge in [0, 0.05) is 10.6 Å². The van der Waals surface area contributed by atoms with Gasteiger partial charge in [0.1, 0.15) is 17.5 Å². The van der Waals surface area contributed by atoms with Crippen molar-refractivity contribution < 1.29 is 19.1 Å². The van der Waals surface area contributed by atoms with E-state index in [0.29, 0.717) is 28.5 Å². The van der Waals surface area contributed by atoms with E-state index in [1.165, 1.54) is 13.3 Å². The van der Waals surface area contributed by atoms with Crippen LogP contribution in [0.2, 0.25) is 5.02 Å². The van der Waals surface area contributed by atoms with Crippen molar-refractivity contribution in [2.45, 2.75) is 33.2 Å². The molecule has 0 aliphatic rings. The van der Waals surface area contributed by atoms with Crippen molar-refractivity contribution in [3.63, 3.8) is 0 Å². The van der Waals surface area contributed by atoms with Crippen LogP contribution in [0.5, 0.6) is 11.5 Å². The second kappa shape index (κ2) is 12.0. The van der Waals surface area contributed by atoms with Gasteiger partial charge in [-0.1, -0.05) is 43.6 Å². The van der Waals surface area contributed by atoms with Crippen LogP contribution in [-0.4, -0.2) is 37.8 Å². The Morgan fingerprint density at radius 2 is 1.90 bits per heavy atom. The Bertz CT molecular complexity index is 931. The molecule has 0 heterocycles. The summed E-state index contributed by atoms with van der Waals surface area (Å²) in [6.45, 7) is 5.65. The van der Waals surface area contributed by atoms with Crippen LogP contribution in [0.25, 0.3) is 0 Å². The number of para-hydroxylation sites is 1. The predicted molar refractivity (Wildman–Crippen MR) is 122 cm³/mol. The lowest BCUT2D eigenvalue weighted by Crippen LogP contribution is -2.47. The second-order valence-corrected chi connectivity index (χ2v) is 7.86. The Morgan fingerprint density at radius 1 is 1.16 bits per heavy atom. The highest BCUT2D eigenvalue weighted by atomic mass is 35.5. The number of nitrogens with zero attached hydrogens (tertiary/aromatic N) is 1. The molecule has 2 aromatic carbocycles. The van der Waals surface area contributed by atoms with Crippen molar-refractivity contribution in [1.82, 2.24) is 10.7 Å². The molecule has 2 rings (SSSR count). The number of hydrazone groups is 1. The zero-order valence-electron chi connectivity index (χ0n) is 18.1. The summed E-state index contributed by atoms with van der Waals surface area (Å²) in [4.78, 5) is 25.0. The lowest BCUT2D eigenvalue weighted by Gasteiger charge is -2.19. The van der Waals surface area contributed by atoms with Crippen LogP contribution in [0.1, 0.15) is 31.4 Å². The average molecular weight is 446 g/mol. The quantitative estimate of drug-likeness (QED) is 0.431. The second-order valence-electron chi connectivity index (χ2n) is 7.42. The number of carbonyl (C=O) groups excluding carboxylic acids is 2. The molecule has 7 nitrogen and oxygen atoms in total. The molecular weight excluding hydrogens is 418 g/mol. The minimum atomic E-state index is -0.744. The zero-order chi connectivity index (χ0) is 22.8. The normalized spacial score (nSPS) is 11.9. The Kier molecular flexibility index (Phi) is 9.34. The molecule has 0 unspecified atom stereocenters. The third-order valence-corrected chi connectivity index (χ3v) is 4.62. The largest absolute Gasteiger partial charge is 0.496 e. The van der Waals surface area contributed by atoms with Gasteiger partial charge in [-0.3, -0.25) is 9.59 Å². The van der Waals surface area contributed by atoms with Crippen LogP contribution in [0.3, 0.4) is 0 Å². The minimum Gasteiger partial charge on any atom is -0.496 e. The smallest absolute Gasteiger partial charge is 0.262 e. The molecule has 166 valence electrons. The van der Waals surface area contributed by atoms with Gasteiger partial charge < -0.3 is 14.8 Å². The van der Waals surface area contributed by atoms with Crippen molar-refractivity contribution in [1.29, 1.82) is 0 Å². The molecule has 1 atom stereocenters. The molecular formula is C23H28ClN3O4. The standard InChI is InChI=1S/C23H28ClN3O4/c1-15(2)11-19(26-22(28)14-31-20-8-6-5-7-16(20)3)23(29)27-25-13-17-12-18(24)9-10-21(17)30-4/h5-10,12-13,15,19H,11,14H2,1-4H3,(H,26,28)(H,27,29)/b25-13-/t19-/m0/s1. The molecule has 2 amide bonds. The van der Waals surface area contributed by atoms with E-state index in [-0.39, 0.29) is 18.4 Å². The molecule has 2 N–H and O–H groups in total. The van der Waals surface area contributed by atoms with Gasteiger partial charge in [0.2, 0.25) is 0 Å². The molecule has 0 aromatic heterocycles. The predicted octanol–water partition coefficient (Wildman–Crippen LogP) is 3.72. The van der Waals surface area contributed by atoms with Crippen LogP contribution in [0.15, 0.2) is 47.6 Å². The monoisotopic (exact) mass is 445 g/mol. The lowest BCUT2D eigenvalue weighted by atomic mass is 10.0. The van der Waals surface area contributed by atoms with Gasteiger partial charge >= 0.3 is 0 Å². The number of methoxy groups -OCH3 is 1. The molecule has 0 bridgehead atoms. The first kappa shape index (κ1) is 24.2.